The number of halogens is 2. The number of nitrogens with two attached hydrogens (primary N) is 1. The summed E-state index contributed by atoms with van der Waals surface area (Å²) in [7, 11) is 0. The summed E-state index contributed by atoms with van der Waals surface area (Å²) < 4.78 is 31.6. The van der Waals surface area contributed by atoms with Gasteiger partial charge in [-0.25, -0.2) is 13.8 Å². The van der Waals surface area contributed by atoms with Crippen LogP contribution in [0.25, 0.3) is 0 Å². The van der Waals surface area contributed by atoms with Crippen molar-refractivity contribution in [1.29, 1.82) is 5.26 Å². The highest BCUT2D eigenvalue weighted by Gasteiger charge is 2.09. The SMILES string of the molecule is N#Cc1cc(Oc2ncc(N)cc2F)ccc1F. The van der Waals surface area contributed by atoms with Crippen LogP contribution in [0.3, 0.4) is 0 Å². The molecule has 4 nitrogen and oxygen atoms in total. The van der Waals surface area contributed by atoms with Crippen LogP contribution in [-0.2, 0) is 0 Å². The molecular formula is C12H7F2N3O. The molecule has 0 aliphatic carbocycles. The van der Waals surface area contributed by atoms with Gasteiger partial charge in [-0.05, 0) is 12.1 Å². The Balaban J connectivity index is 2.32. The molecule has 6 heteroatoms. The van der Waals surface area contributed by atoms with Gasteiger partial charge in [0, 0.05) is 12.1 Å². The molecule has 0 saturated carbocycles. The number of rotatable bonds is 2. The average molecular weight is 247 g/mol. The second-order valence-electron chi connectivity index (χ2n) is 3.41. The molecule has 2 N–H and O–H groups in total. The lowest BCUT2D eigenvalue weighted by Crippen LogP contribution is -1.95. The van der Waals surface area contributed by atoms with Crippen molar-refractivity contribution >= 4 is 5.69 Å². The molecule has 0 fully saturated rings. The number of benzene rings is 1. The van der Waals surface area contributed by atoms with E-state index in [1.807, 2.05) is 0 Å². The molecule has 0 spiro atoms. The summed E-state index contributed by atoms with van der Waals surface area (Å²) in [5.41, 5.74) is 5.31. The van der Waals surface area contributed by atoms with E-state index in [-0.39, 0.29) is 22.9 Å². The van der Waals surface area contributed by atoms with Crippen molar-refractivity contribution in [2.24, 2.45) is 0 Å². The highest BCUT2D eigenvalue weighted by atomic mass is 19.1. The van der Waals surface area contributed by atoms with Crippen LogP contribution in [0.4, 0.5) is 14.5 Å². The van der Waals surface area contributed by atoms with Crippen LogP contribution in [0.2, 0.25) is 0 Å². The van der Waals surface area contributed by atoms with Gasteiger partial charge < -0.3 is 10.5 Å². The number of aromatic nitrogens is 1. The zero-order valence-electron chi connectivity index (χ0n) is 9.02. The van der Waals surface area contributed by atoms with E-state index in [0.717, 1.165) is 18.2 Å². The van der Waals surface area contributed by atoms with Crippen molar-refractivity contribution in [3.63, 3.8) is 0 Å². The van der Waals surface area contributed by atoms with Gasteiger partial charge in [-0.2, -0.15) is 5.26 Å². The highest BCUT2D eigenvalue weighted by molar-refractivity contribution is 5.41. The number of hydrogen-bond donors (Lipinski definition) is 1. The summed E-state index contributed by atoms with van der Waals surface area (Å²) >= 11 is 0. The Morgan fingerprint density at radius 2 is 2.00 bits per heavy atom. The van der Waals surface area contributed by atoms with Crippen molar-refractivity contribution in [1.82, 2.24) is 4.98 Å². The summed E-state index contributed by atoms with van der Waals surface area (Å²) in [5, 5.41) is 8.65. The zero-order valence-corrected chi connectivity index (χ0v) is 9.02. The van der Waals surface area contributed by atoms with Gasteiger partial charge >= 0.3 is 0 Å². The minimum Gasteiger partial charge on any atom is -0.436 e. The quantitative estimate of drug-likeness (QED) is 0.885. The summed E-state index contributed by atoms with van der Waals surface area (Å²) in [6, 6.07) is 6.20. The third-order valence-corrected chi connectivity index (χ3v) is 2.10. The monoisotopic (exact) mass is 247 g/mol. The van der Waals surface area contributed by atoms with Gasteiger partial charge in [-0.15, -0.1) is 0 Å². The van der Waals surface area contributed by atoms with E-state index in [2.05, 4.69) is 4.98 Å². The predicted molar refractivity (Wildman–Crippen MR) is 59.8 cm³/mol. The molecule has 90 valence electrons. The number of anilines is 1. The Morgan fingerprint density at radius 3 is 2.67 bits per heavy atom. The second-order valence-corrected chi connectivity index (χ2v) is 3.41. The normalized spacial score (nSPS) is 9.83. The molecule has 1 aromatic heterocycles. The molecule has 0 bridgehead atoms. The molecule has 0 saturated heterocycles. The van der Waals surface area contributed by atoms with E-state index in [0.29, 0.717) is 0 Å². The first-order valence-electron chi connectivity index (χ1n) is 4.88. The molecule has 0 aliphatic rings. The molecule has 2 aromatic rings. The van der Waals surface area contributed by atoms with E-state index in [1.54, 1.807) is 6.07 Å². The fourth-order valence-electron chi connectivity index (χ4n) is 1.28. The van der Waals surface area contributed by atoms with E-state index in [4.69, 9.17) is 15.7 Å². The molecule has 0 unspecified atom stereocenters. The standard InChI is InChI=1S/C12H7F2N3O/c13-10-2-1-9(3-7(10)5-15)18-12-11(14)4-8(16)6-17-12/h1-4,6H,16H2. The van der Waals surface area contributed by atoms with E-state index >= 15 is 0 Å². The summed E-state index contributed by atoms with van der Waals surface area (Å²) in [5.74, 6) is -1.59. The van der Waals surface area contributed by atoms with Crippen molar-refractivity contribution in [3.8, 4) is 17.7 Å². The minimum atomic E-state index is -0.738. The van der Waals surface area contributed by atoms with Crippen LogP contribution < -0.4 is 10.5 Å². The lowest BCUT2D eigenvalue weighted by atomic mass is 10.2. The van der Waals surface area contributed by atoms with Gasteiger partial charge in [0.1, 0.15) is 17.6 Å². The summed E-state index contributed by atoms with van der Waals surface area (Å²) in [6.07, 6.45) is 1.23. The molecular weight excluding hydrogens is 240 g/mol. The van der Waals surface area contributed by atoms with Crippen molar-refractivity contribution in [2.75, 3.05) is 5.73 Å². The number of nitriles is 1. The predicted octanol–water partition coefficient (Wildman–Crippen LogP) is 2.61. The Labute approximate surface area is 101 Å². The van der Waals surface area contributed by atoms with Gasteiger partial charge in [-0.3, -0.25) is 0 Å². The zero-order chi connectivity index (χ0) is 13.1. The number of nitrogen functional groups attached to an aromatic ring is 1. The highest BCUT2D eigenvalue weighted by Crippen LogP contribution is 2.24. The van der Waals surface area contributed by atoms with Crippen molar-refractivity contribution in [3.05, 3.63) is 47.7 Å². The fraction of sp³-hybridized carbons (Fsp3) is 0. The fourth-order valence-corrected chi connectivity index (χ4v) is 1.28. The Hall–Kier alpha value is -2.68. The molecule has 0 amide bonds. The van der Waals surface area contributed by atoms with Crippen molar-refractivity contribution < 1.29 is 13.5 Å². The van der Waals surface area contributed by atoms with E-state index < -0.39 is 11.6 Å². The first kappa shape index (κ1) is 11.8. The Bertz CT molecular complexity index is 638. The van der Waals surface area contributed by atoms with E-state index in [1.165, 1.54) is 12.3 Å². The molecule has 1 aromatic carbocycles. The molecule has 2 rings (SSSR count). The van der Waals surface area contributed by atoms with Crippen LogP contribution in [0, 0.1) is 23.0 Å². The van der Waals surface area contributed by atoms with Crippen LogP contribution in [-0.4, -0.2) is 4.98 Å². The third kappa shape index (κ3) is 2.35. The maximum absolute atomic E-state index is 13.4. The molecule has 0 aliphatic heterocycles. The maximum atomic E-state index is 13.4. The molecule has 0 atom stereocenters. The molecule has 0 radical (unpaired) electrons. The number of nitrogens with zero attached hydrogens (tertiary/aromatic N) is 2. The lowest BCUT2D eigenvalue weighted by Gasteiger charge is -2.06. The first-order valence-corrected chi connectivity index (χ1v) is 4.88. The topological polar surface area (TPSA) is 71.9 Å². The van der Waals surface area contributed by atoms with Gasteiger partial charge in [-0.1, -0.05) is 0 Å². The van der Waals surface area contributed by atoms with Crippen molar-refractivity contribution in [2.45, 2.75) is 0 Å². The van der Waals surface area contributed by atoms with Crippen LogP contribution in [0.1, 0.15) is 5.56 Å². The number of hydrogen-bond acceptors (Lipinski definition) is 4. The average Bonchev–Trinajstić information content (AvgIpc) is 2.35. The Kier molecular flexibility index (Phi) is 3.06. The van der Waals surface area contributed by atoms with Crippen LogP contribution >= 0.6 is 0 Å². The van der Waals surface area contributed by atoms with Gasteiger partial charge in [0.05, 0.1) is 17.4 Å². The number of pyridine rings is 1. The second kappa shape index (κ2) is 4.67. The van der Waals surface area contributed by atoms with Gasteiger partial charge in [0.2, 0.25) is 0 Å². The minimum absolute atomic E-state index is 0.115. The molecule has 18 heavy (non-hydrogen) atoms. The lowest BCUT2D eigenvalue weighted by molar-refractivity contribution is 0.422. The third-order valence-electron chi connectivity index (χ3n) is 2.10. The Morgan fingerprint density at radius 1 is 1.22 bits per heavy atom. The summed E-state index contributed by atoms with van der Waals surface area (Å²) in [4.78, 5) is 3.65. The van der Waals surface area contributed by atoms with Gasteiger partial charge in [0.25, 0.3) is 5.88 Å². The maximum Gasteiger partial charge on any atom is 0.256 e. The molecule has 1 heterocycles. The van der Waals surface area contributed by atoms with E-state index in [9.17, 15) is 8.78 Å². The first-order chi connectivity index (χ1) is 8.60. The number of ether oxygens (including phenoxy) is 1. The van der Waals surface area contributed by atoms with Gasteiger partial charge in [0.15, 0.2) is 5.82 Å². The largest absolute Gasteiger partial charge is 0.436 e. The summed E-state index contributed by atoms with van der Waals surface area (Å²) in [6.45, 7) is 0. The van der Waals surface area contributed by atoms with Crippen LogP contribution in [0.15, 0.2) is 30.5 Å². The smallest absolute Gasteiger partial charge is 0.256 e. The van der Waals surface area contributed by atoms with Crippen LogP contribution in [0.5, 0.6) is 11.6 Å².